The molecule has 5 nitrogen and oxygen atoms in total. The number of ether oxygens (including phenoxy) is 2. The van der Waals surface area contributed by atoms with Crippen LogP contribution >= 0.6 is 0 Å². The SMILES string of the molecule is CC(C)C(CNC(=O)OC(C)(C)C)NCC1(C)COC1. The van der Waals surface area contributed by atoms with Gasteiger partial charge < -0.3 is 20.1 Å². The lowest BCUT2D eigenvalue weighted by Gasteiger charge is -2.39. The number of alkyl carbamates (subject to hydrolysis) is 1. The Morgan fingerprint density at radius 2 is 1.95 bits per heavy atom. The van der Waals surface area contributed by atoms with Crippen LogP contribution in [0.5, 0.6) is 0 Å². The average Bonchev–Trinajstić information content (AvgIpc) is 2.23. The quantitative estimate of drug-likeness (QED) is 0.785. The molecule has 1 aliphatic heterocycles. The van der Waals surface area contributed by atoms with Crippen molar-refractivity contribution < 1.29 is 14.3 Å². The fraction of sp³-hybridized carbons (Fsp3) is 0.933. The first kappa shape index (κ1) is 17.2. The molecule has 2 N–H and O–H groups in total. The van der Waals surface area contributed by atoms with Crippen LogP contribution in [0.1, 0.15) is 41.5 Å². The number of nitrogens with one attached hydrogen (secondary N) is 2. The van der Waals surface area contributed by atoms with E-state index in [1.54, 1.807) is 0 Å². The summed E-state index contributed by atoms with van der Waals surface area (Å²) in [4.78, 5) is 11.7. The van der Waals surface area contributed by atoms with E-state index in [4.69, 9.17) is 9.47 Å². The Bertz CT molecular complexity index is 320. The molecule has 5 heteroatoms. The summed E-state index contributed by atoms with van der Waals surface area (Å²) in [5, 5.41) is 6.37. The minimum absolute atomic E-state index is 0.235. The Kier molecular flexibility index (Phi) is 5.83. The second-order valence-corrected chi connectivity index (χ2v) is 7.42. The third kappa shape index (κ3) is 6.09. The molecule has 0 bridgehead atoms. The average molecular weight is 286 g/mol. The van der Waals surface area contributed by atoms with Gasteiger partial charge in [0.1, 0.15) is 5.60 Å². The van der Waals surface area contributed by atoms with Gasteiger partial charge in [-0.3, -0.25) is 0 Å². The zero-order chi connectivity index (χ0) is 15.4. The Labute approximate surface area is 122 Å². The van der Waals surface area contributed by atoms with Gasteiger partial charge in [-0.25, -0.2) is 4.79 Å². The Morgan fingerprint density at radius 3 is 2.35 bits per heavy atom. The van der Waals surface area contributed by atoms with Gasteiger partial charge in [-0.1, -0.05) is 20.8 Å². The van der Waals surface area contributed by atoms with Gasteiger partial charge in [0, 0.05) is 24.5 Å². The van der Waals surface area contributed by atoms with Crippen LogP contribution in [0.3, 0.4) is 0 Å². The Hall–Kier alpha value is -0.810. The fourth-order valence-electron chi connectivity index (χ4n) is 1.98. The summed E-state index contributed by atoms with van der Waals surface area (Å²) >= 11 is 0. The zero-order valence-corrected chi connectivity index (χ0v) is 13.7. The predicted molar refractivity (Wildman–Crippen MR) is 79.8 cm³/mol. The number of hydrogen-bond acceptors (Lipinski definition) is 4. The summed E-state index contributed by atoms with van der Waals surface area (Å²) < 4.78 is 10.5. The molecule has 0 aromatic rings. The standard InChI is InChI=1S/C15H30N2O3/c1-11(2)12(17-8-15(6)9-19-10-15)7-16-13(18)20-14(3,4)5/h11-12,17H,7-10H2,1-6H3,(H,16,18). The molecule has 1 rings (SSSR count). The third-order valence-corrected chi connectivity index (χ3v) is 3.36. The highest BCUT2D eigenvalue weighted by Gasteiger charge is 2.33. The molecule has 1 unspecified atom stereocenters. The summed E-state index contributed by atoms with van der Waals surface area (Å²) in [6, 6.07) is 0.236. The fourth-order valence-corrected chi connectivity index (χ4v) is 1.98. The second kappa shape index (κ2) is 6.76. The number of amides is 1. The van der Waals surface area contributed by atoms with Crippen LogP contribution in [0, 0.1) is 11.3 Å². The van der Waals surface area contributed by atoms with Gasteiger partial charge in [0.2, 0.25) is 0 Å². The molecular formula is C15H30N2O3. The van der Waals surface area contributed by atoms with E-state index in [1.807, 2.05) is 20.8 Å². The first-order chi connectivity index (χ1) is 9.11. The minimum atomic E-state index is -0.457. The lowest BCUT2D eigenvalue weighted by Crippen LogP contribution is -2.53. The van der Waals surface area contributed by atoms with E-state index < -0.39 is 5.60 Å². The molecule has 0 radical (unpaired) electrons. The van der Waals surface area contributed by atoms with Crippen LogP contribution in [0.4, 0.5) is 4.79 Å². The molecule has 1 saturated heterocycles. The molecule has 0 spiro atoms. The molecule has 0 aromatic heterocycles. The molecule has 118 valence electrons. The molecule has 1 amide bonds. The van der Waals surface area contributed by atoms with E-state index >= 15 is 0 Å². The molecule has 0 saturated carbocycles. The maximum atomic E-state index is 11.7. The lowest BCUT2D eigenvalue weighted by molar-refractivity contribution is -0.100. The molecule has 1 fully saturated rings. The molecule has 1 atom stereocenters. The van der Waals surface area contributed by atoms with Gasteiger partial charge in [-0.2, -0.15) is 0 Å². The monoisotopic (exact) mass is 286 g/mol. The highest BCUT2D eigenvalue weighted by atomic mass is 16.6. The van der Waals surface area contributed by atoms with Gasteiger partial charge >= 0.3 is 6.09 Å². The van der Waals surface area contributed by atoms with Crippen LogP contribution in [0.15, 0.2) is 0 Å². The number of carbonyl (C=O) groups excluding carboxylic acids is 1. The number of rotatable bonds is 6. The van der Waals surface area contributed by atoms with E-state index in [1.165, 1.54) is 0 Å². The number of carbonyl (C=O) groups is 1. The van der Waals surface area contributed by atoms with Gasteiger partial charge in [0.15, 0.2) is 0 Å². The van der Waals surface area contributed by atoms with Crippen molar-refractivity contribution in [2.45, 2.75) is 53.2 Å². The smallest absolute Gasteiger partial charge is 0.407 e. The maximum absolute atomic E-state index is 11.7. The summed E-state index contributed by atoms with van der Waals surface area (Å²) in [6.45, 7) is 15.2. The second-order valence-electron chi connectivity index (χ2n) is 7.42. The van der Waals surface area contributed by atoms with Gasteiger partial charge in [0.05, 0.1) is 13.2 Å². The number of hydrogen-bond donors (Lipinski definition) is 2. The van der Waals surface area contributed by atoms with Gasteiger partial charge in [0.25, 0.3) is 0 Å². The van der Waals surface area contributed by atoms with Gasteiger partial charge in [-0.05, 0) is 26.7 Å². The summed E-state index contributed by atoms with van der Waals surface area (Å²) in [6.07, 6.45) is -0.358. The van der Waals surface area contributed by atoms with Crippen molar-refractivity contribution in [1.29, 1.82) is 0 Å². The zero-order valence-electron chi connectivity index (χ0n) is 13.7. The van der Waals surface area contributed by atoms with Crippen molar-refractivity contribution in [1.82, 2.24) is 10.6 Å². The third-order valence-electron chi connectivity index (χ3n) is 3.36. The van der Waals surface area contributed by atoms with Crippen LogP contribution in [0.25, 0.3) is 0 Å². The van der Waals surface area contributed by atoms with Crippen molar-refractivity contribution in [2.75, 3.05) is 26.3 Å². The highest BCUT2D eigenvalue weighted by Crippen LogP contribution is 2.25. The molecular weight excluding hydrogens is 256 g/mol. The minimum Gasteiger partial charge on any atom is -0.444 e. The van der Waals surface area contributed by atoms with Crippen molar-refractivity contribution in [2.24, 2.45) is 11.3 Å². The molecule has 1 aliphatic rings. The maximum Gasteiger partial charge on any atom is 0.407 e. The van der Waals surface area contributed by atoms with Crippen LogP contribution in [-0.2, 0) is 9.47 Å². The van der Waals surface area contributed by atoms with E-state index in [-0.39, 0.29) is 17.6 Å². The Balaban J connectivity index is 2.33. The van der Waals surface area contributed by atoms with E-state index in [2.05, 4.69) is 31.4 Å². The van der Waals surface area contributed by atoms with Crippen LogP contribution in [0.2, 0.25) is 0 Å². The first-order valence-corrected chi connectivity index (χ1v) is 7.39. The molecule has 20 heavy (non-hydrogen) atoms. The van der Waals surface area contributed by atoms with Crippen molar-refractivity contribution in [3.05, 3.63) is 0 Å². The largest absolute Gasteiger partial charge is 0.444 e. The summed E-state index contributed by atoms with van der Waals surface area (Å²) in [5.41, 5.74) is -0.222. The summed E-state index contributed by atoms with van der Waals surface area (Å²) in [7, 11) is 0. The van der Waals surface area contributed by atoms with Crippen LogP contribution in [-0.4, -0.2) is 44.0 Å². The Morgan fingerprint density at radius 1 is 1.35 bits per heavy atom. The summed E-state index contributed by atoms with van der Waals surface area (Å²) in [5.74, 6) is 0.439. The van der Waals surface area contributed by atoms with Gasteiger partial charge in [-0.15, -0.1) is 0 Å². The molecule has 0 aliphatic carbocycles. The van der Waals surface area contributed by atoms with Crippen molar-refractivity contribution >= 4 is 6.09 Å². The highest BCUT2D eigenvalue weighted by molar-refractivity contribution is 5.67. The van der Waals surface area contributed by atoms with Crippen molar-refractivity contribution in [3.8, 4) is 0 Å². The normalized spacial score (nSPS) is 19.4. The predicted octanol–water partition coefficient (Wildman–Crippen LogP) is 2.16. The topological polar surface area (TPSA) is 59.6 Å². The van der Waals surface area contributed by atoms with E-state index in [9.17, 15) is 4.79 Å². The van der Waals surface area contributed by atoms with Crippen molar-refractivity contribution in [3.63, 3.8) is 0 Å². The van der Waals surface area contributed by atoms with E-state index in [0.717, 1.165) is 19.8 Å². The lowest BCUT2D eigenvalue weighted by atomic mass is 9.88. The van der Waals surface area contributed by atoms with E-state index in [0.29, 0.717) is 12.5 Å². The molecule has 0 aromatic carbocycles. The first-order valence-electron chi connectivity index (χ1n) is 7.39. The van der Waals surface area contributed by atoms with Crippen LogP contribution < -0.4 is 10.6 Å². The molecule has 1 heterocycles.